The average Bonchev–Trinajstić information content (AvgIpc) is 3.32. The largest absolute Gasteiger partial charge is 0.367 e. The molecule has 6 heteroatoms. The zero-order valence-electron chi connectivity index (χ0n) is 14.1. The molecule has 4 rings (SSSR count). The van der Waals surface area contributed by atoms with Crippen LogP contribution in [-0.2, 0) is 0 Å². The van der Waals surface area contributed by atoms with E-state index in [4.69, 9.17) is 0 Å². The van der Waals surface area contributed by atoms with E-state index < -0.39 is 0 Å². The summed E-state index contributed by atoms with van der Waals surface area (Å²) in [5, 5.41) is 8.76. The van der Waals surface area contributed by atoms with Crippen molar-refractivity contribution in [1.82, 2.24) is 14.7 Å². The lowest BCUT2D eigenvalue weighted by atomic mass is 10.2. The molecule has 1 aliphatic heterocycles. The molecule has 0 bridgehead atoms. The lowest BCUT2D eigenvalue weighted by Gasteiger charge is -2.35. The molecule has 0 radical (unpaired) electrons. The van der Waals surface area contributed by atoms with Gasteiger partial charge in [-0.1, -0.05) is 18.2 Å². The summed E-state index contributed by atoms with van der Waals surface area (Å²) >= 11 is 1.71. The van der Waals surface area contributed by atoms with Gasteiger partial charge in [-0.3, -0.25) is 4.79 Å². The summed E-state index contributed by atoms with van der Waals surface area (Å²) in [4.78, 5) is 17.3. The zero-order chi connectivity index (χ0) is 17.2. The van der Waals surface area contributed by atoms with Crippen LogP contribution >= 0.6 is 11.3 Å². The highest BCUT2D eigenvalue weighted by Crippen LogP contribution is 2.21. The standard InChI is InChI=1S/C19H20N4OS/c1-15-13-18(23(20-15)16-5-3-2-4-6-16)19(24)22-10-8-21(9-11-22)17-7-12-25-14-17/h2-7,12-14H,8-11H2,1H3. The van der Waals surface area contributed by atoms with Crippen molar-refractivity contribution in [3.8, 4) is 5.69 Å². The molecular formula is C19H20N4OS. The SMILES string of the molecule is Cc1cc(C(=O)N2CCN(c3ccsc3)CC2)n(-c2ccccc2)n1. The molecule has 0 aliphatic carbocycles. The number of hydrogen-bond acceptors (Lipinski definition) is 4. The molecule has 1 aromatic carbocycles. The summed E-state index contributed by atoms with van der Waals surface area (Å²) in [6, 6.07) is 13.8. The molecule has 0 spiro atoms. The quantitative estimate of drug-likeness (QED) is 0.727. The van der Waals surface area contributed by atoms with Gasteiger partial charge in [-0.2, -0.15) is 16.4 Å². The van der Waals surface area contributed by atoms with E-state index in [-0.39, 0.29) is 5.91 Å². The van der Waals surface area contributed by atoms with Crippen molar-refractivity contribution in [2.24, 2.45) is 0 Å². The summed E-state index contributed by atoms with van der Waals surface area (Å²) in [5.41, 5.74) is 3.65. The molecule has 0 atom stereocenters. The van der Waals surface area contributed by atoms with Crippen LogP contribution in [0.1, 0.15) is 16.2 Å². The van der Waals surface area contributed by atoms with Crippen molar-refractivity contribution in [2.75, 3.05) is 31.1 Å². The highest BCUT2D eigenvalue weighted by molar-refractivity contribution is 7.08. The molecule has 25 heavy (non-hydrogen) atoms. The van der Waals surface area contributed by atoms with Crippen molar-refractivity contribution in [3.63, 3.8) is 0 Å². The van der Waals surface area contributed by atoms with Crippen molar-refractivity contribution in [3.05, 3.63) is 64.6 Å². The first-order valence-electron chi connectivity index (χ1n) is 8.41. The monoisotopic (exact) mass is 352 g/mol. The van der Waals surface area contributed by atoms with Crippen molar-refractivity contribution >= 4 is 22.9 Å². The van der Waals surface area contributed by atoms with Crippen LogP contribution in [0.25, 0.3) is 5.69 Å². The van der Waals surface area contributed by atoms with Gasteiger partial charge in [-0.25, -0.2) is 4.68 Å². The van der Waals surface area contributed by atoms with Gasteiger partial charge in [0.2, 0.25) is 0 Å². The number of benzene rings is 1. The highest BCUT2D eigenvalue weighted by atomic mass is 32.1. The first kappa shape index (κ1) is 15.9. The van der Waals surface area contributed by atoms with Crippen molar-refractivity contribution in [1.29, 1.82) is 0 Å². The molecule has 1 fully saturated rings. The van der Waals surface area contributed by atoms with E-state index in [1.54, 1.807) is 16.0 Å². The molecule has 5 nitrogen and oxygen atoms in total. The van der Waals surface area contributed by atoms with Gasteiger partial charge in [0.15, 0.2) is 0 Å². The fourth-order valence-corrected chi connectivity index (χ4v) is 3.85. The Bertz CT molecular complexity index is 849. The van der Waals surface area contributed by atoms with Crippen LogP contribution in [0.3, 0.4) is 0 Å². The smallest absolute Gasteiger partial charge is 0.272 e. The van der Waals surface area contributed by atoms with Crippen LogP contribution in [0.5, 0.6) is 0 Å². The molecule has 3 aromatic rings. The van der Waals surface area contributed by atoms with E-state index in [9.17, 15) is 4.79 Å². The molecule has 1 amide bonds. The normalized spacial score (nSPS) is 14.8. The Labute approximate surface area is 151 Å². The third-order valence-electron chi connectivity index (χ3n) is 4.49. The molecule has 0 saturated carbocycles. The second-order valence-corrected chi connectivity index (χ2v) is 6.96. The van der Waals surface area contributed by atoms with E-state index in [1.165, 1.54) is 5.69 Å². The number of aryl methyl sites for hydroxylation is 1. The lowest BCUT2D eigenvalue weighted by Crippen LogP contribution is -2.49. The predicted octanol–water partition coefficient (Wildman–Crippen LogP) is 3.20. The number of aromatic nitrogens is 2. The van der Waals surface area contributed by atoms with Crippen LogP contribution in [0.2, 0.25) is 0 Å². The number of anilines is 1. The number of hydrogen-bond donors (Lipinski definition) is 0. The van der Waals surface area contributed by atoms with E-state index in [1.807, 2.05) is 48.2 Å². The van der Waals surface area contributed by atoms with E-state index in [0.29, 0.717) is 5.69 Å². The number of nitrogens with zero attached hydrogens (tertiary/aromatic N) is 4. The van der Waals surface area contributed by atoms with Gasteiger partial charge in [0.1, 0.15) is 5.69 Å². The highest BCUT2D eigenvalue weighted by Gasteiger charge is 2.25. The fourth-order valence-electron chi connectivity index (χ4n) is 3.18. The minimum Gasteiger partial charge on any atom is -0.367 e. The minimum absolute atomic E-state index is 0.0504. The Hall–Kier alpha value is -2.60. The maximum Gasteiger partial charge on any atom is 0.272 e. The van der Waals surface area contributed by atoms with Crippen molar-refractivity contribution in [2.45, 2.75) is 6.92 Å². The molecule has 1 aliphatic rings. The first-order valence-corrected chi connectivity index (χ1v) is 9.35. The predicted molar refractivity (Wildman–Crippen MR) is 101 cm³/mol. The second kappa shape index (κ2) is 6.72. The Morgan fingerprint density at radius 1 is 1.04 bits per heavy atom. The average molecular weight is 352 g/mol. The number of piperazine rings is 1. The van der Waals surface area contributed by atoms with Gasteiger partial charge < -0.3 is 9.80 Å². The molecule has 0 unspecified atom stereocenters. The number of para-hydroxylation sites is 1. The molecule has 128 valence electrons. The second-order valence-electron chi connectivity index (χ2n) is 6.18. The third-order valence-corrected chi connectivity index (χ3v) is 5.16. The summed E-state index contributed by atoms with van der Waals surface area (Å²) in [6.07, 6.45) is 0. The van der Waals surface area contributed by atoms with Crippen LogP contribution < -0.4 is 4.90 Å². The Balaban J connectivity index is 1.53. The minimum atomic E-state index is 0.0504. The Kier molecular flexibility index (Phi) is 4.28. The first-order chi connectivity index (χ1) is 12.2. The molecule has 2 aromatic heterocycles. The molecule has 3 heterocycles. The van der Waals surface area contributed by atoms with Crippen LogP contribution in [-0.4, -0.2) is 46.8 Å². The lowest BCUT2D eigenvalue weighted by molar-refractivity contribution is 0.0737. The van der Waals surface area contributed by atoms with Gasteiger partial charge in [0.25, 0.3) is 5.91 Å². The van der Waals surface area contributed by atoms with Gasteiger partial charge in [0, 0.05) is 37.2 Å². The molecule has 1 saturated heterocycles. The number of carbonyl (C=O) groups excluding carboxylic acids is 1. The van der Waals surface area contributed by atoms with Gasteiger partial charge in [-0.05, 0) is 36.6 Å². The maximum absolute atomic E-state index is 13.0. The van der Waals surface area contributed by atoms with Gasteiger partial charge >= 0.3 is 0 Å². The molecular weight excluding hydrogens is 332 g/mol. The van der Waals surface area contributed by atoms with Crippen molar-refractivity contribution < 1.29 is 4.79 Å². The van der Waals surface area contributed by atoms with E-state index in [0.717, 1.165) is 37.6 Å². The van der Waals surface area contributed by atoms with E-state index in [2.05, 4.69) is 26.8 Å². The summed E-state index contributed by atoms with van der Waals surface area (Å²) in [5.74, 6) is 0.0504. The number of amides is 1. The third kappa shape index (κ3) is 3.17. The Morgan fingerprint density at radius 2 is 1.80 bits per heavy atom. The van der Waals surface area contributed by atoms with Gasteiger partial charge in [-0.15, -0.1) is 0 Å². The fraction of sp³-hybridized carbons (Fsp3) is 0.263. The van der Waals surface area contributed by atoms with E-state index >= 15 is 0 Å². The van der Waals surface area contributed by atoms with Gasteiger partial charge in [0.05, 0.1) is 11.4 Å². The summed E-state index contributed by atoms with van der Waals surface area (Å²) in [6.45, 7) is 5.11. The molecule has 0 N–H and O–H groups in total. The van der Waals surface area contributed by atoms with Crippen LogP contribution in [0.4, 0.5) is 5.69 Å². The number of thiophene rings is 1. The number of rotatable bonds is 3. The summed E-state index contributed by atoms with van der Waals surface area (Å²) in [7, 11) is 0. The summed E-state index contributed by atoms with van der Waals surface area (Å²) < 4.78 is 1.75. The number of carbonyl (C=O) groups is 1. The zero-order valence-corrected chi connectivity index (χ0v) is 14.9. The maximum atomic E-state index is 13.0. The van der Waals surface area contributed by atoms with Crippen LogP contribution in [0.15, 0.2) is 53.2 Å². The Morgan fingerprint density at radius 3 is 2.48 bits per heavy atom. The van der Waals surface area contributed by atoms with Crippen LogP contribution in [0, 0.1) is 6.92 Å². The topological polar surface area (TPSA) is 41.4 Å².